The number of rotatable bonds is 3. The van der Waals surface area contributed by atoms with E-state index in [4.69, 9.17) is 10.5 Å². The highest BCUT2D eigenvalue weighted by molar-refractivity contribution is 9.10. The van der Waals surface area contributed by atoms with Crippen LogP contribution >= 0.6 is 15.9 Å². The van der Waals surface area contributed by atoms with Crippen molar-refractivity contribution in [3.8, 4) is 11.9 Å². The van der Waals surface area contributed by atoms with Crippen LogP contribution in [0.4, 0.5) is 0 Å². The van der Waals surface area contributed by atoms with Gasteiger partial charge >= 0.3 is 0 Å². The van der Waals surface area contributed by atoms with E-state index in [0.717, 1.165) is 26.9 Å². The molecule has 1 aliphatic rings. The van der Waals surface area contributed by atoms with Crippen LogP contribution in [0.1, 0.15) is 28.3 Å². The Hall–Kier alpha value is -3.04. The van der Waals surface area contributed by atoms with Gasteiger partial charge < -0.3 is 10.5 Å². The van der Waals surface area contributed by atoms with Crippen LogP contribution in [-0.4, -0.2) is 9.78 Å². The average Bonchev–Trinajstić information content (AvgIpc) is 2.97. The summed E-state index contributed by atoms with van der Waals surface area (Å²) in [5.41, 5.74) is 10.3. The molecule has 1 aromatic heterocycles. The molecule has 1 aliphatic heterocycles. The highest BCUT2D eigenvalue weighted by Crippen LogP contribution is 2.44. The van der Waals surface area contributed by atoms with Crippen molar-refractivity contribution in [3.05, 3.63) is 92.9 Å². The molecule has 0 bridgehead atoms. The molecule has 0 saturated carbocycles. The van der Waals surface area contributed by atoms with Gasteiger partial charge in [-0.25, -0.2) is 4.68 Å². The molecule has 27 heavy (non-hydrogen) atoms. The topological polar surface area (TPSA) is 76.9 Å². The third-order valence-corrected chi connectivity index (χ3v) is 5.20. The van der Waals surface area contributed by atoms with Gasteiger partial charge in [-0.1, -0.05) is 58.4 Å². The van der Waals surface area contributed by atoms with E-state index in [1.165, 1.54) is 0 Å². The Balaban J connectivity index is 1.85. The normalized spacial score (nSPS) is 15.8. The Morgan fingerprint density at radius 3 is 2.56 bits per heavy atom. The minimum atomic E-state index is -0.295. The van der Waals surface area contributed by atoms with Gasteiger partial charge in [0, 0.05) is 4.47 Å². The second kappa shape index (κ2) is 6.93. The molecule has 134 valence electrons. The lowest BCUT2D eigenvalue weighted by atomic mass is 9.84. The van der Waals surface area contributed by atoms with Gasteiger partial charge in [-0.3, -0.25) is 0 Å². The van der Waals surface area contributed by atoms with E-state index in [0.29, 0.717) is 18.0 Å². The average molecular weight is 421 g/mol. The summed E-state index contributed by atoms with van der Waals surface area (Å²) in [6.07, 6.45) is 0. The van der Waals surface area contributed by atoms with Crippen LogP contribution in [-0.2, 0) is 6.54 Å². The summed E-state index contributed by atoms with van der Waals surface area (Å²) in [7, 11) is 0. The highest BCUT2D eigenvalue weighted by Gasteiger charge is 2.35. The van der Waals surface area contributed by atoms with Gasteiger partial charge in [-0.15, -0.1) is 0 Å². The molecule has 0 radical (unpaired) electrons. The lowest BCUT2D eigenvalue weighted by molar-refractivity contribution is 0.352. The van der Waals surface area contributed by atoms with Crippen LogP contribution in [0, 0.1) is 18.3 Å². The predicted octanol–water partition coefficient (Wildman–Crippen LogP) is 4.22. The number of hydrogen-bond acceptors (Lipinski definition) is 4. The third kappa shape index (κ3) is 3.11. The zero-order valence-electron chi connectivity index (χ0n) is 14.7. The Kier molecular flexibility index (Phi) is 4.46. The molecular formula is C21H17BrN4O. The fraction of sp³-hybridized carbons (Fsp3) is 0.143. The number of allylic oxidation sites excluding steroid dienone is 1. The number of fused-ring (bicyclic) bond motifs is 1. The van der Waals surface area contributed by atoms with Crippen LogP contribution in [0.5, 0.6) is 5.88 Å². The first kappa shape index (κ1) is 17.4. The Morgan fingerprint density at radius 1 is 1.19 bits per heavy atom. The molecular weight excluding hydrogens is 404 g/mol. The van der Waals surface area contributed by atoms with Crippen molar-refractivity contribution in [1.82, 2.24) is 9.78 Å². The van der Waals surface area contributed by atoms with Crippen molar-refractivity contribution in [2.45, 2.75) is 19.4 Å². The van der Waals surface area contributed by atoms with E-state index in [1.54, 1.807) is 0 Å². The predicted molar refractivity (Wildman–Crippen MR) is 106 cm³/mol. The number of nitriles is 1. The molecule has 0 fully saturated rings. The summed E-state index contributed by atoms with van der Waals surface area (Å²) < 4.78 is 8.65. The summed E-state index contributed by atoms with van der Waals surface area (Å²) in [4.78, 5) is 0. The van der Waals surface area contributed by atoms with Gasteiger partial charge in [0.25, 0.3) is 0 Å². The van der Waals surface area contributed by atoms with Gasteiger partial charge in [-0.05, 0) is 30.2 Å². The summed E-state index contributed by atoms with van der Waals surface area (Å²) in [6, 6.07) is 20.2. The van der Waals surface area contributed by atoms with Gasteiger partial charge in [0.1, 0.15) is 11.6 Å². The fourth-order valence-electron chi connectivity index (χ4n) is 3.43. The van der Waals surface area contributed by atoms with E-state index >= 15 is 0 Å². The molecule has 4 rings (SSSR count). The Labute approximate surface area is 165 Å². The van der Waals surface area contributed by atoms with Crippen LogP contribution < -0.4 is 10.5 Å². The fourth-order valence-corrected chi connectivity index (χ4v) is 3.70. The molecule has 2 aromatic carbocycles. The first-order valence-corrected chi connectivity index (χ1v) is 9.32. The van der Waals surface area contributed by atoms with E-state index < -0.39 is 0 Å². The quantitative estimate of drug-likeness (QED) is 0.687. The van der Waals surface area contributed by atoms with Gasteiger partial charge in [0.2, 0.25) is 11.8 Å². The number of nitrogens with zero attached hydrogens (tertiary/aromatic N) is 3. The minimum Gasteiger partial charge on any atom is -0.422 e. The summed E-state index contributed by atoms with van der Waals surface area (Å²) >= 11 is 3.46. The lowest BCUT2D eigenvalue weighted by Crippen LogP contribution is -2.22. The van der Waals surface area contributed by atoms with Crippen molar-refractivity contribution in [3.63, 3.8) is 0 Å². The Bertz CT molecular complexity index is 1060. The Morgan fingerprint density at radius 2 is 1.89 bits per heavy atom. The standard InChI is InChI=1S/C21H17BrN4O/c1-13-18-19(15-7-9-16(22)10-8-15)17(11-23)20(24)27-21(18)26(25-13)12-14-5-3-2-4-6-14/h2-10,19H,12,24H2,1H3/t19-/m1/s1. The minimum absolute atomic E-state index is 0.132. The number of nitrogens with two attached hydrogens (primary N) is 1. The molecule has 5 nitrogen and oxygen atoms in total. The van der Waals surface area contributed by atoms with Crippen LogP contribution in [0.25, 0.3) is 0 Å². The van der Waals surface area contributed by atoms with Crippen molar-refractivity contribution in [1.29, 1.82) is 5.26 Å². The molecule has 0 saturated heterocycles. The number of ether oxygens (including phenoxy) is 1. The van der Waals surface area contributed by atoms with Crippen molar-refractivity contribution in [2.24, 2.45) is 5.73 Å². The monoisotopic (exact) mass is 420 g/mol. The van der Waals surface area contributed by atoms with Crippen LogP contribution in [0.3, 0.4) is 0 Å². The molecule has 3 aromatic rings. The lowest BCUT2D eigenvalue weighted by Gasteiger charge is -2.25. The molecule has 0 unspecified atom stereocenters. The van der Waals surface area contributed by atoms with Crippen LogP contribution in [0.2, 0.25) is 0 Å². The number of halogens is 1. The van der Waals surface area contributed by atoms with Crippen molar-refractivity contribution >= 4 is 15.9 Å². The van der Waals surface area contributed by atoms with Gasteiger partial charge in [0.05, 0.1) is 23.7 Å². The zero-order chi connectivity index (χ0) is 19.0. The summed E-state index contributed by atoms with van der Waals surface area (Å²) in [5.74, 6) is 0.435. The molecule has 2 heterocycles. The maximum Gasteiger partial charge on any atom is 0.224 e. The van der Waals surface area contributed by atoms with Gasteiger partial charge in [0.15, 0.2) is 0 Å². The zero-order valence-corrected chi connectivity index (χ0v) is 16.3. The first-order valence-electron chi connectivity index (χ1n) is 8.52. The van der Waals surface area contributed by atoms with E-state index in [1.807, 2.05) is 66.2 Å². The largest absolute Gasteiger partial charge is 0.422 e. The summed E-state index contributed by atoms with van der Waals surface area (Å²) in [6.45, 7) is 2.51. The highest BCUT2D eigenvalue weighted by atomic mass is 79.9. The second-order valence-corrected chi connectivity index (χ2v) is 7.34. The summed E-state index contributed by atoms with van der Waals surface area (Å²) in [5, 5.41) is 14.4. The first-order chi connectivity index (χ1) is 13.1. The molecule has 0 spiro atoms. The number of aromatic nitrogens is 2. The van der Waals surface area contributed by atoms with Gasteiger partial charge in [-0.2, -0.15) is 10.4 Å². The third-order valence-electron chi connectivity index (χ3n) is 4.67. The van der Waals surface area contributed by atoms with E-state index in [-0.39, 0.29) is 11.8 Å². The SMILES string of the molecule is Cc1nn(Cc2ccccc2)c2c1[C@H](c1ccc(Br)cc1)C(C#N)=C(N)O2. The smallest absolute Gasteiger partial charge is 0.224 e. The van der Waals surface area contributed by atoms with Crippen LogP contribution in [0.15, 0.2) is 70.5 Å². The molecule has 6 heteroatoms. The maximum absolute atomic E-state index is 9.70. The number of benzene rings is 2. The van der Waals surface area contributed by atoms with E-state index in [9.17, 15) is 5.26 Å². The molecule has 1 atom stereocenters. The molecule has 2 N–H and O–H groups in total. The second-order valence-electron chi connectivity index (χ2n) is 6.42. The number of hydrogen-bond donors (Lipinski definition) is 1. The van der Waals surface area contributed by atoms with Crippen molar-refractivity contribution in [2.75, 3.05) is 0 Å². The molecule has 0 aliphatic carbocycles. The van der Waals surface area contributed by atoms with E-state index in [2.05, 4.69) is 27.1 Å². The number of aryl methyl sites for hydroxylation is 1. The van der Waals surface area contributed by atoms with Crippen molar-refractivity contribution < 1.29 is 4.74 Å². The maximum atomic E-state index is 9.70. The molecule has 0 amide bonds.